The predicted molar refractivity (Wildman–Crippen MR) is 99.9 cm³/mol. The third-order valence-corrected chi connectivity index (χ3v) is 5.48. The van der Waals surface area contributed by atoms with Crippen molar-refractivity contribution in [2.75, 3.05) is 19.5 Å². The number of rotatable bonds is 8. The molecule has 2 rings (SSSR count). The van der Waals surface area contributed by atoms with Crippen LogP contribution in [0.2, 0.25) is 0 Å². The average Bonchev–Trinajstić information content (AvgIpc) is 2.90. The summed E-state index contributed by atoms with van der Waals surface area (Å²) >= 11 is 0. The van der Waals surface area contributed by atoms with Crippen molar-refractivity contribution in [3.05, 3.63) is 33.2 Å². The molecule has 1 saturated heterocycles. The summed E-state index contributed by atoms with van der Waals surface area (Å²) in [7, 11) is -1.70. The maximum atomic E-state index is 12.2. The summed E-state index contributed by atoms with van der Waals surface area (Å²) in [5, 5.41) is 16.6. The van der Waals surface area contributed by atoms with E-state index in [0.717, 1.165) is 4.57 Å². The molecule has 0 aliphatic carbocycles. The van der Waals surface area contributed by atoms with Gasteiger partial charge >= 0.3 is 11.7 Å². The van der Waals surface area contributed by atoms with Crippen LogP contribution in [0.5, 0.6) is 0 Å². The minimum Gasteiger partial charge on any atom is -0.468 e. The topological polar surface area (TPSA) is 204 Å². The van der Waals surface area contributed by atoms with Crippen LogP contribution in [-0.4, -0.2) is 58.1 Å². The molecule has 29 heavy (non-hydrogen) atoms. The second-order valence-corrected chi connectivity index (χ2v) is 7.57. The lowest BCUT2D eigenvalue weighted by molar-refractivity contribution is -0.142. The second-order valence-electron chi connectivity index (χ2n) is 6.42. The Kier molecular flexibility index (Phi) is 7.36. The van der Waals surface area contributed by atoms with Gasteiger partial charge < -0.3 is 24.8 Å². The quantitative estimate of drug-likeness (QED) is 0.161. The van der Waals surface area contributed by atoms with Gasteiger partial charge in [-0.05, 0) is 25.4 Å². The average molecular weight is 431 g/mol. The maximum absolute atomic E-state index is 12.2. The minimum atomic E-state index is -2.89. The molecule has 6 atom stereocenters. The summed E-state index contributed by atoms with van der Waals surface area (Å²) in [4.78, 5) is 29.8. The summed E-state index contributed by atoms with van der Waals surface area (Å²) in [6.45, 7) is 2.46. The van der Waals surface area contributed by atoms with Crippen molar-refractivity contribution >= 4 is 20.0 Å². The number of ether oxygens (including phenoxy) is 2. The normalized spacial score (nSPS) is 28.3. The first-order valence-corrected chi connectivity index (χ1v) is 9.71. The van der Waals surface area contributed by atoms with Gasteiger partial charge in [0.05, 0.1) is 19.8 Å². The molecule has 0 radical (unpaired) electrons. The SMILES string of the molecule is COC(=O)[C@H](C)N[PH](=O)OC[C@H]1OC(n2ccc(N)nc2=O)[C@](C)(N=[N+]=[N-])[C@@H]1O. The molecule has 0 aromatic carbocycles. The van der Waals surface area contributed by atoms with E-state index >= 15 is 0 Å². The molecule has 1 aromatic rings. The standard InChI is InChI=1S/C14H22N7O7P/c1-7(11(23)26-3)18-29(25)27-6-8-10(22)14(2,19-20-16)12(28-8)21-5-4-9(15)17-13(21)24/h4-5,7-8,10,12,22,29H,6H2,1-3H3,(H,18,25)(H2,15,17,24)/t7-,8+,10+,12?,14+/m0/s1. The molecule has 14 nitrogen and oxygen atoms in total. The molecule has 15 heteroatoms. The van der Waals surface area contributed by atoms with Gasteiger partial charge in [-0.3, -0.25) is 13.9 Å². The van der Waals surface area contributed by atoms with E-state index in [9.17, 15) is 19.3 Å². The van der Waals surface area contributed by atoms with Crippen molar-refractivity contribution in [1.29, 1.82) is 0 Å². The van der Waals surface area contributed by atoms with E-state index in [1.807, 2.05) is 0 Å². The van der Waals surface area contributed by atoms with E-state index in [2.05, 4.69) is 24.8 Å². The van der Waals surface area contributed by atoms with Crippen LogP contribution in [0.4, 0.5) is 5.82 Å². The van der Waals surface area contributed by atoms with Crippen molar-refractivity contribution in [3.63, 3.8) is 0 Å². The monoisotopic (exact) mass is 431 g/mol. The molecule has 1 aliphatic rings. The smallest absolute Gasteiger partial charge is 0.351 e. The first kappa shape index (κ1) is 22.8. The van der Waals surface area contributed by atoms with Crippen molar-refractivity contribution in [2.45, 2.75) is 43.9 Å². The van der Waals surface area contributed by atoms with Gasteiger partial charge in [-0.15, -0.1) is 0 Å². The molecule has 2 heterocycles. The molecule has 1 aromatic heterocycles. The van der Waals surface area contributed by atoms with Gasteiger partial charge in [0.1, 0.15) is 23.5 Å². The lowest BCUT2D eigenvalue weighted by atomic mass is 9.93. The number of anilines is 1. The van der Waals surface area contributed by atoms with Gasteiger partial charge in [-0.1, -0.05) is 5.11 Å². The summed E-state index contributed by atoms with van der Waals surface area (Å²) in [5.41, 5.74) is 12.0. The van der Waals surface area contributed by atoms with E-state index in [4.69, 9.17) is 20.5 Å². The van der Waals surface area contributed by atoms with Crippen molar-refractivity contribution in [2.24, 2.45) is 5.11 Å². The van der Waals surface area contributed by atoms with Crippen molar-refractivity contribution in [3.8, 4) is 0 Å². The number of nitrogens with one attached hydrogen (secondary N) is 1. The maximum Gasteiger partial charge on any atom is 0.351 e. The molecular weight excluding hydrogens is 409 g/mol. The fraction of sp³-hybridized carbons (Fsp3) is 0.643. The Balaban J connectivity index is 2.17. The van der Waals surface area contributed by atoms with E-state index in [1.54, 1.807) is 0 Å². The Morgan fingerprint density at radius 1 is 1.69 bits per heavy atom. The van der Waals surface area contributed by atoms with Crippen LogP contribution in [-0.2, 0) is 23.4 Å². The second kappa shape index (κ2) is 9.35. The van der Waals surface area contributed by atoms with Gasteiger partial charge in [0, 0.05) is 11.1 Å². The summed E-state index contributed by atoms with van der Waals surface area (Å²) in [5.74, 6) is -0.644. The third-order valence-electron chi connectivity index (χ3n) is 4.39. The molecule has 0 saturated carbocycles. The van der Waals surface area contributed by atoms with Crippen LogP contribution >= 0.6 is 8.18 Å². The largest absolute Gasteiger partial charge is 0.468 e. The number of azide groups is 1. The number of carbonyl (C=O) groups is 1. The zero-order chi connectivity index (χ0) is 21.8. The first-order chi connectivity index (χ1) is 13.6. The van der Waals surface area contributed by atoms with Gasteiger partial charge in [-0.2, -0.15) is 4.98 Å². The number of aliphatic hydroxyl groups is 1. The highest BCUT2D eigenvalue weighted by Gasteiger charge is 2.54. The Morgan fingerprint density at radius 2 is 2.38 bits per heavy atom. The highest BCUT2D eigenvalue weighted by Crippen LogP contribution is 2.41. The highest BCUT2D eigenvalue weighted by molar-refractivity contribution is 7.36. The number of hydrogen-bond donors (Lipinski definition) is 3. The van der Waals surface area contributed by atoms with E-state index in [1.165, 1.54) is 33.2 Å². The van der Waals surface area contributed by atoms with Crippen LogP contribution in [0.15, 0.2) is 22.2 Å². The highest BCUT2D eigenvalue weighted by atomic mass is 31.1. The summed E-state index contributed by atoms with van der Waals surface area (Å²) < 4.78 is 28.4. The third kappa shape index (κ3) is 4.93. The number of nitrogens with zero attached hydrogens (tertiary/aromatic N) is 5. The Hall–Kier alpha value is -2.47. The number of nitrogen functional groups attached to an aromatic ring is 1. The first-order valence-electron chi connectivity index (χ1n) is 8.39. The molecule has 160 valence electrons. The number of methoxy groups -OCH3 is 1. The van der Waals surface area contributed by atoms with Gasteiger partial charge in [0.2, 0.25) is 0 Å². The minimum absolute atomic E-state index is 0.0143. The van der Waals surface area contributed by atoms with E-state index in [0.29, 0.717) is 0 Å². The number of aromatic nitrogens is 2. The van der Waals surface area contributed by atoms with Crippen LogP contribution < -0.4 is 16.5 Å². The fourth-order valence-electron chi connectivity index (χ4n) is 2.80. The lowest BCUT2D eigenvalue weighted by Gasteiger charge is -2.28. The molecule has 0 bridgehead atoms. The Morgan fingerprint density at radius 3 is 2.97 bits per heavy atom. The summed E-state index contributed by atoms with van der Waals surface area (Å²) in [6.07, 6.45) is -2.42. The van der Waals surface area contributed by atoms with Crippen LogP contribution in [0, 0.1) is 0 Å². The molecular formula is C14H22N7O7P. The van der Waals surface area contributed by atoms with Crippen molar-refractivity contribution in [1.82, 2.24) is 14.6 Å². The van der Waals surface area contributed by atoms with Gasteiger partial charge in [0.25, 0.3) is 8.18 Å². The lowest BCUT2D eigenvalue weighted by Crippen LogP contribution is -2.44. The Bertz CT molecular complexity index is 889. The molecule has 2 unspecified atom stereocenters. The van der Waals surface area contributed by atoms with Gasteiger partial charge in [0.15, 0.2) is 6.23 Å². The van der Waals surface area contributed by atoms with Crippen LogP contribution in [0.1, 0.15) is 20.1 Å². The number of carbonyl (C=O) groups excluding carboxylic acids is 1. The van der Waals surface area contributed by atoms with Crippen molar-refractivity contribution < 1.29 is 28.5 Å². The molecule has 4 N–H and O–H groups in total. The number of nitrogens with two attached hydrogens (primary N) is 1. The fourth-order valence-corrected chi connectivity index (χ4v) is 3.67. The molecule has 1 aliphatic heterocycles. The summed E-state index contributed by atoms with van der Waals surface area (Å²) in [6, 6.07) is 0.468. The predicted octanol–water partition coefficient (Wildman–Crippen LogP) is -0.290. The Labute approximate surface area is 165 Å². The van der Waals surface area contributed by atoms with E-state index < -0.39 is 49.9 Å². The zero-order valence-electron chi connectivity index (χ0n) is 15.9. The van der Waals surface area contributed by atoms with Crippen LogP contribution in [0.25, 0.3) is 10.4 Å². The molecule has 0 amide bonds. The van der Waals surface area contributed by atoms with Gasteiger partial charge in [-0.25, -0.2) is 9.88 Å². The number of esters is 1. The molecule has 0 spiro atoms. The van der Waals surface area contributed by atoms with Crippen LogP contribution in [0.3, 0.4) is 0 Å². The van der Waals surface area contributed by atoms with E-state index in [-0.39, 0.29) is 12.4 Å². The number of aliphatic hydroxyl groups excluding tert-OH is 1. The number of hydrogen-bond acceptors (Lipinski definition) is 10. The molecule has 1 fully saturated rings. The zero-order valence-corrected chi connectivity index (χ0v) is 16.9.